The van der Waals surface area contributed by atoms with Crippen LogP contribution in [0.1, 0.15) is 0 Å². The van der Waals surface area contributed by atoms with E-state index in [1.54, 1.807) is 0 Å². The molecule has 0 radical (unpaired) electrons. The summed E-state index contributed by atoms with van der Waals surface area (Å²) in [7, 11) is 0. The van der Waals surface area contributed by atoms with Crippen LogP contribution in [0.2, 0.25) is 0 Å². The van der Waals surface area contributed by atoms with Crippen molar-refractivity contribution in [2.45, 2.75) is 0 Å². The highest BCUT2D eigenvalue weighted by atomic mass is 16.3. The van der Waals surface area contributed by atoms with Crippen molar-refractivity contribution < 1.29 is 4.42 Å². The van der Waals surface area contributed by atoms with E-state index in [2.05, 4.69) is 205 Å². The Kier molecular flexibility index (Phi) is 6.90. The molecule has 0 fully saturated rings. The molecule has 0 amide bonds. The van der Waals surface area contributed by atoms with Crippen LogP contribution in [-0.4, -0.2) is 0 Å². The van der Waals surface area contributed by atoms with E-state index < -0.39 is 0 Å². The first-order valence-corrected chi connectivity index (χ1v) is 18.5. The lowest BCUT2D eigenvalue weighted by atomic mass is 9.93. The largest absolute Gasteiger partial charge is 0.455 e. The fourth-order valence-electron chi connectivity index (χ4n) is 8.48. The van der Waals surface area contributed by atoms with E-state index in [0.29, 0.717) is 0 Å². The van der Waals surface area contributed by atoms with E-state index in [4.69, 9.17) is 4.42 Å². The second kappa shape index (κ2) is 12.2. The molecule has 10 aromatic carbocycles. The van der Waals surface area contributed by atoms with Crippen molar-refractivity contribution in [2.24, 2.45) is 0 Å². The molecule has 0 spiro atoms. The summed E-state index contributed by atoms with van der Waals surface area (Å²) in [5.74, 6) is 0. The highest BCUT2D eigenvalue weighted by Crippen LogP contribution is 2.49. The van der Waals surface area contributed by atoms with Gasteiger partial charge in [-0.2, -0.15) is 0 Å². The molecule has 0 aliphatic heterocycles. The zero-order valence-electron chi connectivity index (χ0n) is 29.4. The molecule has 11 rings (SSSR count). The van der Waals surface area contributed by atoms with E-state index in [9.17, 15) is 0 Å². The van der Waals surface area contributed by atoms with Crippen molar-refractivity contribution in [3.05, 3.63) is 200 Å². The van der Waals surface area contributed by atoms with Crippen LogP contribution >= 0.6 is 0 Å². The Morgan fingerprint density at radius 2 is 0.944 bits per heavy atom. The van der Waals surface area contributed by atoms with Gasteiger partial charge in [0.25, 0.3) is 0 Å². The number of fused-ring (bicyclic) bond motifs is 8. The number of anilines is 3. The Bertz CT molecular complexity index is 3210. The van der Waals surface area contributed by atoms with Gasteiger partial charge in [-0.25, -0.2) is 0 Å². The molecular formula is C52H33NO. The topological polar surface area (TPSA) is 16.4 Å². The summed E-state index contributed by atoms with van der Waals surface area (Å²) in [4.78, 5) is 2.44. The predicted octanol–water partition coefficient (Wildman–Crippen LogP) is 15.0. The van der Waals surface area contributed by atoms with Crippen molar-refractivity contribution in [1.29, 1.82) is 0 Å². The molecule has 0 saturated carbocycles. The molecular weight excluding hydrogens is 655 g/mol. The number of rotatable bonds is 5. The first kappa shape index (κ1) is 30.5. The van der Waals surface area contributed by atoms with Crippen LogP contribution in [0.4, 0.5) is 17.1 Å². The fraction of sp³-hybridized carbons (Fsp3) is 0. The Labute approximate surface area is 312 Å². The number of benzene rings is 10. The summed E-state index contributed by atoms with van der Waals surface area (Å²) in [5, 5.41) is 11.8. The lowest BCUT2D eigenvalue weighted by Crippen LogP contribution is -2.11. The van der Waals surface area contributed by atoms with Gasteiger partial charge in [-0.15, -0.1) is 0 Å². The normalized spacial score (nSPS) is 11.7. The van der Waals surface area contributed by atoms with Gasteiger partial charge in [-0.05, 0) is 96.9 Å². The first-order chi connectivity index (χ1) is 26.8. The second-order valence-corrected chi connectivity index (χ2v) is 14.1. The Hall–Kier alpha value is -7.16. The SMILES string of the molecule is c1ccc(-c2ccc(N(c3cc4ccccc4c4ccccc34)c3cccc4oc5c(-c6ccc7ccccc7c6)c6ccccc6cc5c34)cc2)cc1. The Balaban J connectivity index is 1.23. The maximum atomic E-state index is 7.03. The van der Waals surface area contributed by atoms with E-state index in [1.165, 1.54) is 54.2 Å². The minimum Gasteiger partial charge on any atom is -0.455 e. The van der Waals surface area contributed by atoms with Gasteiger partial charge in [0.05, 0.1) is 16.8 Å². The summed E-state index contributed by atoms with van der Waals surface area (Å²) < 4.78 is 7.03. The van der Waals surface area contributed by atoms with Crippen LogP contribution in [0, 0.1) is 0 Å². The molecule has 1 heterocycles. The standard InChI is InChI=1S/C52H33NO/c1-2-13-34(14-3-1)36-27-29-41(30-28-36)53(48-33-39-18-6-8-19-42(39)44-21-10-11-22-45(44)48)47-23-12-24-49-51(47)46-32-38-17-7-9-20-43(38)50(52(46)54-49)40-26-25-35-15-4-5-16-37(35)31-40/h1-33H. The fourth-order valence-corrected chi connectivity index (χ4v) is 8.48. The molecule has 2 nitrogen and oxygen atoms in total. The van der Waals surface area contributed by atoms with Gasteiger partial charge in [0.1, 0.15) is 11.2 Å². The Morgan fingerprint density at radius 1 is 0.333 bits per heavy atom. The lowest BCUT2D eigenvalue weighted by molar-refractivity contribution is 0.670. The molecule has 252 valence electrons. The molecule has 0 atom stereocenters. The predicted molar refractivity (Wildman–Crippen MR) is 229 cm³/mol. The third-order valence-corrected chi connectivity index (χ3v) is 11.0. The molecule has 54 heavy (non-hydrogen) atoms. The second-order valence-electron chi connectivity index (χ2n) is 14.1. The molecule has 11 aromatic rings. The quantitative estimate of drug-likeness (QED) is 0.168. The van der Waals surface area contributed by atoms with Gasteiger partial charge < -0.3 is 9.32 Å². The summed E-state index contributed by atoms with van der Waals surface area (Å²) >= 11 is 0. The molecule has 0 N–H and O–H groups in total. The maximum absolute atomic E-state index is 7.03. The van der Waals surface area contributed by atoms with Crippen molar-refractivity contribution in [2.75, 3.05) is 4.90 Å². The highest BCUT2D eigenvalue weighted by molar-refractivity contribution is 6.23. The van der Waals surface area contributed by atoms with Gasteiger partial charge in [-0.1, -0.05) is 158 Å². The van der Waals surface area contributed by atoms with Crippen molar-refractivity contribution in [3.8, 4) is 22.3 Å². The summed E-state index contributed by atoms with van der Waals surface area (Å²) in [6, 6.07) is 72.2. The van der Waals surface area contributed by atoms with E-state index in [1.807, 2.05) is 0 Å². The molecule has 0 aliphatic rings. The van der Waals surface area contributed by atoms with Gasteiger partial charge in [0.2, 0.25) is 0 Å². The molecule has 0 saturated heterocycles. The zero-order valence-corrected chi connectivity index (χ0v) is 29.4. The van der Waals surface area contributed by atoms with Crippen LogP contribution in [-0.2, 0) is 0 Å². The number of nitrogens with zero attached hydrogens (tertiary/aromatic N) is 1. The smallest absolute Gasteiger partial charge is 0.143 e. The van der Waals surface area contributed by atoms with Crippen LogP contribution in [0.15, 0.2) is 205 Å². The Morgan fingerprint density at radius 3 is 1.74 bits per heavy atom. The van der Waals surface area contributed by atoms with E-state index in [-0.39, 0.29) is 0 Å². The summed E-state index contributed by atoms with van der Waals surface area (Å²) in [6.07, 6.45) is 0. The monoisotopic (exact) mass is 687 g/mol. The van der Waals surface area contributed by atoms with Crippen molar-refractivity contribution in [1.82, 2.24) is 0 Å². The third-order valence-electron chi connectivity index (χ3n) is 11.0. The highest BCUT2D eigenvalue weighted by Gasteiger charge is 2.24. The molecule has 0 bridgehead atoms. The van der Waals surface area contributed by atoms with Gasteiger partial charge in [-0.3, -0.25) is 0 Å². The number of hydrogen-bond donors (Lipinski definition) is 0. The van der Waals surface area contributed by atoms with Crippen LogP contribution in [0.25, 0.3) is 87.3 Å². The van der Waals surface area contributed by atoms with E-state index in [0.717, 1.165) is 50.1 Å². The van der Waals surface area contributed by atoms with Crippen LogP contribution < -0.4 is 4.90 Å². The first-order valence-electron chi connectivity index (χ1n) is 18.5. The number of hydrogen-bond acceptors (Lipinski definition) is 2. The van der Waals surface area contributed by atoms with Gasteiger partial charge >= 0.3 is 0 Å². The average Bonchev–Trinajstić information content (AvgIpc) is 3.62. The third kappa shape index (κ3) is 4.81. The van der Waals surface area contributed by atoms with Crippen molar-refractivity contribution >= 4 is 82.1 Å². The number of furan rings is 1. The minimum absolute atomic E-state index is 0.857. The molecule has 0 aliphatic carbocycles. The van der Waals surface area contributed by atoms with Crippen LogP contribution in [0.5, 0.6) is 0 Å². The van der Waals surface area contributed by atoms with E-state index >= 15 is 0 Å². The van der Waals surface area contributed by atoms with Crippen LogP contribution in [0.3, 0.4) is 0 Å². The van der Waals surface area contributed by atoms with Gasteiger partial charge in [0.15, 0.2) is 0 Å². The molecule has 0 unspecified atom stereocenters. The van der Waals surface area contributed by atoms with Gasteiger partial charge in [0, 0.05) is 22.0 Å². The zero-order chi connectivity index (χ0) is 35.6. The average molecular weight is 688 g/mol. The summed E-state index contributed by atoms with van der Waals surface area (Å²) in [6.45, 7) is 0. The lowest BCUT2D eigenvalue weighted by Gasteiger charge is -2.28. The molecule has 1 aromatic heterocycles. The van der Waals surface area contributed by atoms with Crippen molar-refractivity contribution in [3.63, 3.8) is 0 Å². The minimum atomic E-state index is 0.857. The maximum Gasteiger partial charge on any atom is 0.143 e. The molecule has 2 heteroatoms. The summed E-state index contributed by atoms with van der Waals surface area (Å²) in [5.41, 5.74) is 9.66.